The Morgan fingerprint density at radius 3 is 3.07 bits per heavy atom. The average Bonchev–Trinajstić information content (AvgIpc) is 2.60. The van der Waals surface area contributed by atoms with E-state index < -0.39 is 0 Å². The second-order valence-corrected chi connectivity index (χ2v) is 3.57. The number of hydrogen-bond donors (Lipinski definition) is 2. The van der Waals surface area contributed by atoms with Crippen molar-refractivity contribution < 1.29 is 9.84 Å². The first kappa shape index (κ1) is 12.2. The van der Waals surface area contributed by atoms with Gasteiger partial charge in [0, 0.05) is 26.9 Å². The Labute approximate surface area is 90.1 Å². The molecule has 0 spiro atoms. The Morgan fingerprint density at radius 2 is 2.47 bits per heavy atom. The Kier molecular flexibility index (Phi) is 5.31. The molecule has 1 aromatic heterocycles. The monoisotopic (exact) mass is 213 g/mol. The summed E-state index contributed by atoms with van der Waals surface area (Å²) in [4.78, 5) is 4.02. The Hall–Kier alpha value is -0.910. The van der Waals surface area contributed by atoms with Crippen LogP contribution in [0.15, 0.2) is 12.5 Å². The molecule has 1 heterocycles. The number of aliphatic hydroxyl groups excluding tert-OH is 1. The molecule has 0 aliphatic heterocycles. The maximum Gasteiger partial charge on any atom is 0.0945 e. The van der Waals surface area contributed by atoms with Crippen LogP contribution in [0.4, 0.5) is 0 Å². The van der Waals surface area contributed by atoms with E-state index in [1.807, 2.05) is 17.8 Å². The SMILES string of the molecule is COCC(O)CCNCc1cncn1C. The van der Waals surface area contributed by atoms with Gasteiger partial charge in [0.25, 0.3) is 0 Å². The van der Waals surface area contributed by atoms with Crippen LogP contribution in [0.1, 0.15) is 12.1 Å². The van der Waals surface area contributed by atoms with Crippen LogP contribution in [-0.4, -0.2) is 41.0 Å². The van der Waals surface area contributed by atoms with E-state index in [1.165, 1.54) is 0 Å². The van der Waals surface area contributed by atoms with E-state index in [0.29, 0.717) is 13.0 Å². The summed E-state index contributed by atoms with van der Waals surface area (Å²) in [5.41, 5.74) is 1.14. The van der Waals surface area contributed by atoms with Crippen LogP contribution in [-0.2, 0) is 18.3 Å². The minimum absolute atomic E-state index is 0.381. The lowest BCUT2D eigenvalue weighted by Crippen LogP contribution is -2.23. The van der Waals surface area contributed by atoms with Gasteiger partial charge in [0.2, 0.25) is 0 Å². The molecule has 86 valence electrons. The van der Waals surface area contributed by atoms with Crippen LogP contribution in [0.2, 0.25) is 0 Å². The van der Waals surface area contributed by atoms with Gasteiger partial charge in [-0.3, -0.25) is 0 Å². The molecule has 0 saturated carbocycles. The fourth-order valence-corrected chi connectivity index (χ4v) is 1.32. The fraction of sp³-hybridized carbons (Fsp3) is 0.700. The van der Waals surface area contributed by atoms with Crippen LogP contribution < -0.4 is 5.32 Å². The van der Waals surface area contributed by atoms with Crippen LogP contribution in [0.5, 0.6) is 0 Å². The lowest BCUT2D eigenvalue weighted by atomic mass is 10.2. The van der Waals surface area contributed by atoms with E-state index in [2.05, 4.69) is 10.3 Å². The predicted molar refractivity (Wildman–Crippen MR) is 57.4 cm³/mol. The first-order valence-electron chi connectivity index (χ1n) is 5.07. The van der Waals surface area contributed by atoms with Crippen molar-refractivity contribution in [2.45, 2.75) is 19.1 Å². The third-order valence-corrected chi connectivity index (χ3v) is 2.24. The normalized spacial score (nSPS) is 13.0. The number of nitrogens with one attached hydrogen (secondary N) is 1. The zero-order valence-corrected chi connectivity index (χ0v) is 9.31. The van der Waals surface area contributed by atoms with Crippen molar-refractivity contribution in [2.75, 3.05) is 20.3 Å². The van der Waals surface area contributed by atoms with Gasteiger partial charge in [-0.15, -0.1) is 0 Å². The highest BCUT2D eigenvalue weighted by molar-refractivity contribution is 4.96. The summed E-state index contributed by atoms with van der Waals surface area (Å²) in [5, 5.41) is 12.6. The van der Waals surface area contributed by atoms with Gasteiger partial charge in [0.15, 0.2) is 0 Å². The fourth-order valence-electron chi connectivity index (χ4n) is 1.32. The van der Waals surface area contributed by atoms with E-state index in [9.17, 15) is 5.11 Å². The molecule has 0 bridgehead atoms. The number of rotatable bonds is 7. The first-order valence-corrected chi connectivity index (χ1v) is 5.07. The van der Waals surface area contributed by atoms with Crippen LogP contribution in [0, 0.1) is 0 Å². The number of aryl methyl sites for hydroxylation is 1. The summed E-state index contributed by atoms with van der Waals surface area (Å²) in [6, 6.07) is 0. The lowest BCUT2D eigenvalue weighted by Gasteiger charge is -2.10. The summed E-state index contributed by atoms with van der Waals surface area (Å²) >= 11 is 0. The molecule has 2 N–H and O–H groups in total. The molecule has 0 fully saturated rings. The molecule has 1 rings (SSSR count). The molecule has 1 unspecified atom stereocenters. The minimum atomic E-state index is -0.381. The van der Waals surface area contributed by atoms with Crippen molar-refractivity contribution in [1.29, 1.82) is 0 Å². The molecule has 0 aromatic carbocycles. The van der Waals surface area contributed by atoms with Crippen molar-refractivity contribution in [3.05, 3.63) is 18.2 Å². The largest absolute Gasteiger partial charge is 0.391 e. The standard InChI is InChI=1S/C10H19N3O2/c1-13-8-12-6-9(13)5-11-4-3-10(14)7-15-2/h6,8,10-11,14H,3-5,7H2,1-2H3. The summed E-state index contributed by atoms with van der Waals surface area (Å²) in [6.45, 7) is 1.94. The number of ether oxygens (including phenoxy) is 1. The smallest absolute Gasteiger partial charge is 0.0945 e. The summed E-state index contributed by atoms with van der Waals surface area (Å²) < 4.78 is 6.80. The van der Waals surface area contributed by atoms with Gasteiger partial charge >= 0.3 is 0 Å². The first-order chi connectivity index (χ1) is 7.24. The van der Waals surface area contributed by atoms with Crippen LogP contribution in [0.25, 0.3) is 0 Å². The molecule has 0 radical (unpaired) electrons. The molecule has 1 aromatic rings. The number of aliphatic hydroxyl groups is 1. The third-order valence-electron chi connectivity index (χ3n) is 2.24. The average molecular weight is 213 g/mol. The Balaban J connectivity index is 2.09. The number of hydrogen-bond acceptors (Lipinski definition) is 4. The molecule has 0 saturated heterocycles. The van der Waals surface area contributed by atoms with E-state index >= 15 is 0 Å². The predicted octanol–water partition coefficient (Wildman–Crippen LogP) is -0.0929. The molecule has 0 amide bonds. The van der Waals surface area contributed by atoms with Gasteiger partial charge in [0.05, 0.1) is 24.7 Å². The molecule has 5 nitrogen and oxygen atoms in total. The van der Waals surface area contributed by atoms with E-state index in [0.717, 1.165) is 18.8 Å². The lowest BCUT2D eigenvalue weighted by molar-refractivity contribution is 0.0594. The summed E-state index contributed by atoms with van der Waals surface area (Å²) in [5.74, 6) is 0. The zero-order valence-electron chi connectivity index (χ0n) is 9.31. The third kappa shape index (κ3) is 4.42. The van der Waals surface area contributed by atoms with Gasteiger partial charge in [-0.1, -0.05) is 0 Å². The molecule has 15 heavy (non-hydrogen) atoms. The molecule has 0 aliphatic carbocycles. The van der Waals surface area contributed by atoms with Crippen molar-refractivity contribution in [2.24, 2.45) is 7.05 Å². The van der Waals surface area contributed by atoms with Gasteiger partial charge in [-0.2, -0.15) is 0 Å². The maximum absolute atomic E-state index is 9.38. The van der Waals surface area contributed by atoms with E-state index in [-0.39, 0.29) is 6.10 Å². The van der Waals surface area contributed by atoms with Gasteiger partial charge in [-0.05, 0) is 13.0 Å². The van der Waals surface area contributed by atoms with Crippen molar-refractivity contribution in [1.82, 2.24) is 14.9 Å². The zero-order chi connectivity index (χ0) is 11.1. The van der Waals surface area contributed by atoms with Crippen molar-refractivity contribution in [3.8, 4) is 0 Å². The molecular formula is C10H19N3O2. The Bertz CT molecular complexity index is 275. The second-order valence-electron chi connectivity index (χ2n) is 3.57. The van der Waals surface area contributed by atoms with Crippen molar-refractivity contribution >= 4 is 0 Å². The number of methoxy groups -OCH3 is 1. The van der Waals surface area contributed by atoms with Gasteiger partial charge in [-0.25, -0.2) is 4.98 Å². The Morgan fingerprint density at radius 1 is 1.67 bits per heavy atom. The highest BCUT2D eigenvalue weighted by Crippen LogP contribution is 1.96. The van der Waals surface area contributed by atoms with E-state index in [4.69, 9.17) is 4.74 Å². The maximum atomic E-state index is 9.38. The van der Waals surface area contributed by atoms with Crippen molar-refractivity contribution in [3.63, 3.8) is 0 Å². The molecule has 5 heteroatoms. The number of nitrogens with zero attached hydrogens (tertiary/aromatic N) is 2. The number of aromatic nitrogens is 2. The minimum Gasteiger partial charge on any atom is -0.391 e. The molecular weight excluding hydrogens is 194 g/mol. The highest BCUT2D eigenvalue weighted by Gasteiger charge is 2.02. The second kappa shape index (κ2) is 6.55. The highest BCUT2D eigenvalue weighted by atomic mass is 16.5. The van der Waals surface area contributed by atoms with Gasteiger partial charge in [0.1, 0.15) is 0 Å². The molecule has 1 atom stereocenters. The topological polar surface area (TPSA) is 59.3 Å². The summed E-state index contributed by atoms with van der Waals surface area (Å²) in [7, 11) is 3.55. The van der Waals surface area contributed by atoms with Crippen LogP contribution >= 0.6 is 0 Å². The molecule has 0 aliphatic rings. The number of imidazole rings is 1. The summed E-state index contributed by atoms with van der Waals surface area (Å²) in [6.07, 6.45) is 3.93. The van der Waals surface area contributed by atoms with E-state index in [1.54, 1.807) is 13.4 Å². The quantitative estimate of drug-likeness (QED) is 0.621. The van der Waals surface area contributed by atoms with Gasteiger partial charge < -0.3 is 19.7 Å². The van der Waals surface area contributed by atoms with Crippen LogP contribution in [0.3, 0.4) is 0 Å².